The van der Waals surface area contributed by atoms with Crippen LogP contribution in [0.4, 0.5) is 4.79 Å². The molecular weight excluding hydrogens is 951 g/mol. The first-order valence-electron chi connectivity index (χ1n) is 25.2. The van der Waals surface area contributed by atoms with Crippen molar-refractivity contribution in [2.45, 2.75) is 123 Å². The lowest BCUT2D eigenvalue weighted by Crippen LogP contribution is -2.67. The van der Waals surface area contributed by atoms with Crippen LogP contribution in [0, 0.1) is 17.3 Å². The maximum absolute atomic E-state index is 14.8. The van der Waals surface area contributed by atoms with E-state index in [9.17, 15) is 24.0 Å². The number of pyridine rings is 1. The minimum atomic E-state index is -1.43. The number of fused-ring (bicyclic) bond motifs is 6. The van der Waals surface area contributed by atoms with Gasteiger partial charge in [0, 0.05) is 92.3 Å². The Balaban J connectivity index is 1.18. The third-order valence-electron chi connectivity index (χ3n) is 14.1. The van der Waals surface area contributed by atoms with Crippen LogP contribution in [0.15, 0.2) is 54.6 Å². The normalized spacial score (nSPS) is 21.7. The molecule has 387 valence electrons. The molecule has 2 saturated heterocycles. The van der Waals surface area contributed by atoms with Gasteiger partial charge in [-0.1, -0.05) is 40.3 Å². The van der Waals surface area contributed by atoms with E-state index in [1.807, 2.05) is 39.1 Å². The van der Waals surface area contributed by atoms with Crippen molar-refractivity contribution in [1.82, 2.24) is 45.4 Å². The highest BCUT2D eigenvalue weighted by atomic mass is 32.1. The summed E-state index contributed by atoms with van der Waals surface area (Å²) >= 11 is 1.40. The van der Waals surface area contributed by atoms with Crippen molar-refractivity contribution >= 4 is 62.2 Å². The number of likely N-dealkylation sites (tertiary alicyclic amines) is 1. The highest BCUT2D eigenvalue weighted by Crippen LogP contribution is 2.42. The van der Waals surface area contributed by atoms with E-state index < -0.39 is 40.4 Å². The number of nitrogens with zero attached hydrogens (tertiary/aromatic N) is 6. The summed E-state index contributed by atoms with van der Waals surface area (Å²) in [6, 6.07) is 8.09. The molecule has 0 saturated carbocycles. The summed E-state index contributed by atoms with van der Waals surface area (Å²) in [5.41, 5.74) is 9.17. The number of amides is 5. The largest absolute Gasteiger partial charge is 0.464 e. The maximum Gasteiger partial charge on any atom is 0.323 e. The molecule has 3 aromatic heterocycles. The van der Waals surface area contributed by atoms with Gasteiger partial charge in [0.25, 0.3) is 5.91 Å². The van der Waals surface area contributed by atoms with Gasteiger partial charge in [-0.25, -0.2) is 15.2 Å². The number of benzene rings is 1. The van der Waals surface area contributed by atoms with Crippen molar-refractivity contribution < 1.29 is 38.2 Å². The zero-order chi connectivity index (χ0) is 52.1. The number of thiazole rings is 1. The number of rotatable bonds is 15. The summed E-state index contributed by atoms with van der Waals surface area (Å²) in [5.74, 6) is -1.85. The summed E-state index contributed by atoms with van der Waals surface area (Å²) in [7, 11) is 7.05. The fourth-order valence-electron chi connectivity index (χ4n) is 10.4. The van der Waals surface area contributed by atoms with E-state index in [1.165, 1.54) is 27.3 Å². The van der Waals surface area contributed by atoms with Crippen LogP contribution in [-0.2, 0) is 52.8 Å². The van der Waals surface area contributed by atoms with Gasteiger partial charge in [-0.2, -0.15) is 0 Å². The highest BCUT2D eigenvalue weighted by molar-refractivity contribution is 7.10. The molecule has 3 radical (unpaired) electrons. The first kappa shape index (κ1) is 54.3. The molecule has 5 amide bonds. The number of ether oxygens (including phenoxy) is 3. The van der Waals surface area contributed by atoms with E-state index in [4.69, 9.17) is 24.2 Å². The number of urea groups is 1. The summed E-state index contributed by atoms with van der Waals surface area (Å²) in [4.78, 5) is 82.5. The number of aryl methyl sites for hydroxylation is 1. The SMILES string of the molecule is C=CC(=O)NCCO[C@@H](C)C[C@@H]1CCN(C(=O)N(C)[C@H](C(=O)N[C@H]2Cc3nc(cs3)-c3ccc4c(c3)c(c(-c3cccnc3[C@H](C)OC)n4CC)CC(C)(C)COC(=O)[C@@]3([Si])CCCN(N3)C2=O)C(C)C)C1. The van der Waals surface area contributed by atoms with Crippen LogP contribution in [0.2, 0.25) is 0 Å². The van der Waals surface area contributed by atoms with E-state index in [0.717, 1.165) is 57.5 Å². The molecule has 17 nitrogen and oxygen atoms in total. The van der Waals surface area contributed by atoms with Gasteiger partial charge < -0.3 is 39.2 Å². The minimum Gasteiger partial charge on any atom is -0.464 e. The number of likely N-dealkylation sites (N-methyl/N-ethyl adjacent to an activating group) is 1. The molecule has 0 aliphatic carbocycles. The van der Waals surface area contributed by atoms with Gasteiger partial charge in [-0.3, -0.25) is 29.2 Å². The second kappa shape index (κ2) is 23.2. The van der Waals surface area contributed by atoms with Crippen LogP contribution in [-0.4, -0.2) is 146 Å². The molecule has 3 N–H and O–H groups in total. The Hall–Kier alpha value is -5.47. The fraction of sp³-hybridized carbons (Fsp3) is 0.566. The molecule has 6 atom stereocenters. The Labute approximate surface area is 431 Å². The van der Waals surface area contributed by atoms with Gasteiger partial charge in [0.1, 0.15) is 17.2 Å². The number of carbonyl (C=O) groups is 5. The monoisotopic (exact) mass is 1020 g/mol. The molecule has 3 aliphatic rings. The Bertz CT molecular complexity index is 2640. The first-order chi connectivity index (χ1) is 34.3. The number of hydrazine groups is 1. The van der Waals surface area contributed by atoms with Gasteiger partial charge in [0.15, 0.2) is 0 Å². The molecule has 3 aliphatic heterocycles. The smallest absolute Gasteiger partial charge is 0.323 e. The number of esters is 1. The number of aromatic nitrogens is 3. The third-order valence-corrected chi connectivity index (χ3v) is 15.5. The van der Waals surface area contributed by atoms with Crippen molar-refractivity contribution in [3.8, 4) is 22.5 Å². The molecule has 1 aromatic carbocycles. The number of methoxy groups -OCH3 is 1. The molecule has 6 heterocycles. The lowest BCUT2D eigenvalue weighted by atomic mass is 9.84. The number of nitrogens with one attached hydrogen (secondary N) is 3. The first-order valence-corrected chi connectivity index (χ1v) is 26.6. The van der Waals surface area contributed by atoms with Crippen LogP contribution >= 0.6 is 11.3 Å². The van der Waals surface area contributed by atoms with Crippen LogP contribution < -0.4 is 16.1 Å². The molecule has 72 heavy (non-hydrogen) atoms. The van der Waals surface area contributed by atoms with Gasteiger partial charge >= 0.3 is 12.0 Å². The zero-order valence-corrected chi connectivity index (χ0v) is 45.2. The highest BCUT2D eigenvalue weighted by Gasteiger charge is 2.44. The predicted octanol–water partition coefficient (Wildman–Crippen LogP) is 6.19. The predicted molar refractivity (Wildman–Crippen MR) is 279 cm³/mol. The summed E-state index contributed by atoms with van der Waals surface area (Å²) in [6.45, 7) is 20.3. The lowest BCUT2D eigenvalue weighted by Gasteiger charge is -2.41. The van der Waals surface area contributed by atoms with Crippen molar-refractivity contribution in [2.24, 2.45) is 17.3 Å². The molecule has 2 fully saturated rings. The van der Waals surface area contributed by atoms with Gasteiger partial charge in [-0.05, 0) is 101 Å². The van der Waals surface area contributed by atoms with E-state index in [0.29, 0.717) is 57.1 Å². The van der Waals surface area contributed by atoms with Crippen LogP contribution in [0.3, 0.4) is 0 Å². The molecule has 0 spiro atoms. The van der Waals surface area contributed by atoms with Crippen molar-refractivity contribution in [3.05, 3.63) is 70.8 Å². The molecule has 6 bridgehead atoms. The second-order valence-corrected chi connectivity index (χ2v) is 22.4. The van der Waals surface area contributed by atoms with Crippen molar-refractivity contribution in [1.29, 1.82) is 0 Å². The average Bonchev–Trinajstić information content (AvgIpc) is 4.10. The number of carbonyl (C=O) groups excluding carboxylic acids is 5. The molecule has 7 rings (SSSR count). The zero-order valence-electron chi connectivity index (χ0n) is 43.3. The number of hydrogen-bond acceptors (Lipinski definition) is 12. The Morgan fingerprint density at radius 1 is 1.15 bits per heavy atom. The van der Waals surface area contributed by atoms with E-state index in [1.54, 1.807) is 25.3 Å². The summed E-state index contributed by atoms with van der Waals surface area (Å²) < 4.78 is 20.2. The Morgan fingerprint density at radius 2 is 1.93 bits per heavy atom. The average molecular weight is 1020 g/mol. The summed E-state index contributed by atoms with van der Waals surface area (Å²) in [5, 5.41) is 9.38. The number of cyclic esters (lactones) is 1. The van der Waals surface area contributed by atoms with Crippen LogP contribution in [0.5, 0.6) is 0 Å². The van der Waals surface area contributed by atoms with Crippen molar-refractivity contribution in [2.75, 3.05) is 53.6 Å². The van der Waals surface area contributed by atoms with Gasteiger partial charge in [-0.15, -0.1) is 11.3 Å². The second-order valence-electron chi connectivity index (χ2n) is 20.6. The summed E-state index contributed by atoms with van der Waals surface area (Å²) in [6.07, 6.45) is 5.61. The minimum absolute atomic E-state index is 0.0588. The van der Waals surface area contributed by atoms with Crippen LogP contribution in [0.1, 0.15) is 96.5 Å². The standard InChI is InChI=1S/C53H72N9O8SSi/c1-11-43(63)54-21-24-69-33(5)25-35-18-23-60(29-35)51(67)59(9)46(32(3)4)48(64)57-40-27-44-56-41(30-71-44)36-16-17-42-38(26-36)39(47(61(42)12-2)37-15-13-20-55-45(37)34(6)68-10)28-52(7,8)31-70-50(66)53(72)19-14-22-62(58-53)49(40)65/h11,13,15-17,20,26,30,32-35,40,46,58H,1,12,14,18-19,21-25,27-29,31H2,2-10H3,(H,54,63)(H,57,64)/t33-,34-,35-,40-,46-,53-/m0/s1. The maximum atomic E-state index is 14.8. The Kier molecular flexibility index (Phi) is 17.5. The van der Waals surface area contributed by atoms with E-state index >= 15 is 0 Å². The molecule has 0 unspecified atom stereocenters. The molecule has 4 aromatic rings. The topological polar surface area (TPSA) is 190 Å². The van der Waals surface area contributed by atoms with Crippen molar-refractivity contribution in [3.63, 3.8) is 0 Å². The van der Waals surface area contributed by atoms with E-state index in [2.05, 4.69) is 82.5 Å². The van der Waals surface area contributed by atoms with Gasteiger partial charge in [0.05, 0.1) is 57.8 Å². The molecule has 19 heteroatoms. The third kappa shape index (κ3) is 12.1. The quantitative estimate of drug-likeness (QED) is 0.0533. The van der Waals surface area contributed by atoms with E-state index in [-0.39, 0.29) is 55.6 Å². The van der Waals surface area contributed by atoms with Gasteiger partial charge in [0.2, 0.25) is 11.8 Å². The lowest BCUT2D eigenvalue weighted by molar-refractivity contribution is -0.158. The fourth-order valence-corrected chi connectivity index (χ4v) is 11.6. The number of hydrogen-bond donors (Lipinski definition) is 3. The Morgan fingerprint density at radius 3 is 2.65 bits per heavy atom. The molecular formula is C53H72N9O8SSi. The van der Waals surface area contributed by atoms with Crippen LogP contribution in [0.25, 0.3) is 33.4 Å².